The summed E-state index contributed by atoms with van der Waals surface area (Å²) in [5.74, 6) is 0.399. The summed E-state index contributed by atoms with van der Waals surface area (Å²) < 4.78 is 5.90. The van der Waals surface area contributed by atoms with Gasteiger partial charge in [-0.25, -0.2) is 0 Å². The van der Waals surface area contributed by atoms with E-state index in [0.29, 0.717) is 25.5 Å². The lowest BCUT2D eigenvalue weighted by atomic mass is 10.0. The predicted octanol–water partition coefficient (Wildman–Crippen LogP) is 4.12. The van der Waals surface area contributed by atoms with Crippen molar-refractivity contribution >= 4 is 17.5 Å². The predicted molar refractivity (Wildman–Crippen MR) is 136 cm³/mol. The van der Waals surface area contributed by atoms with Crippen molar-refractivity contribution in [1.82, 2.24) is 10.3 Å². The molecule has 2 amide bonds. The Bertz CT molecular complexity index is 898. The van der Waals surface area contributed by atoms with Crippen LogP contribution >= 0.6 is 0 Å². The number of nitrogens with zero attached hydrogens (tertiary/aromatic N) is 2. The highest BCUT2D eigenvalue weighted by Gasteiger charge is 2.25. The smallest absolute Gasteiger partial charge is 0.224 e. The van der Waals surface area contributed by atoms with E-state index in [-0.39, 0.29) is 11.8 Å². The lowest BCUT2D eigenvalue weighted by Gasteiger charge is -2.35. The molecule has 1 aromatic heterocycles. The molecule has 1 atom stereocenters. The van der Waals surface area contributed by atoms with Gasteiger partial charge in [0.25, 0.3) is 0 Å². The number of rotatable bonds is 14. The number of hydrogen-bond acceptors (Lipinski definition) is 5. The average Bonchev–Trinajstić information content (AvgIpc) is 2.79. The lowest BCUT2D eigenvalue weighted by molar-refractivity contribution is -0.121. The second-order valence-corrected chi connectivity index (χ2v) is 9.86. The molecule has 34 heavy (non-hydrogen) atoms. The second-order valence-electron chi connectivity index (χ2n) is 9.86. The van der Waals surface area contributed by atoms with Gasteiger partial charge in [-0.15, -0.1) is 0 Å². The summed E-state index contributed by atoms with van der Waals surface area (Å²) in [5.41, 5.74) is 6.95. The van der Waals surface area contributed by atoms with Gasteiger partial charge in [-0.2, -0.15) is 0 Å². The number of primary amides is 1. The second kappa shape index (κ2) is 13.0. The number of benzene rings is 1. The molecule has 0 bridgehead atoms. The summed E-state index contributed by atoms with van der Waals surface area (Å²) in [5, 5.41) is 3.07. The molecule has 7 heteroatoms. The minimum atomic E-state index is -0.475. The van der Waals surface area contributed by atoms with Crippen LogP contribution < -0.4 is 20.7 Å². The number of carbonyl (C=O) groups excluding carboxylic acids is 2. The number of anilines is 1. The molecular weight excluding hydrogens is 428 g/mol. The Kier molecular flexibility index (Phi) is 10.4. The van der Waals surface area contributed by atoms with E-state index < -0.39 is 11.4 Å². The highest BCUT2D eigenvalue weighted by atomic mass is 16.5. The molecule has 1 unspecified atom stereocenters. The zero-order chi connectivity index (χ0) is 25.1. The van der Waals surface area contributed by atoms with Crippen LogP contribution in [-0.2, 0) is 16.2 Å². The van der Waals surface area contributed by atoms with Gasteiger partial charge >= 0.3 is 0 Å². The maximum absolute atomic E-state index is 12.4. The molecule has 0 fully saturated rings. The first-order valence-electron chi connectivity index (χ1n) is 11.9. The van der Waals surface area contributed by atoms with Gasteiger partial charge in [-0.1, -0.05) is 20.8 Å². The number of amides is 2. The summed E-state index contributed by atoms with van der Waals surface area (Å²) in [6.45, 7) is 12.1. The standard InChI is InChI=1S/C27H39N4O3/c1-20(2)14-17-31(19-27(4,5)30-25(32)11-6-21(3)26(28)33)23-7-9-24(10-8-23)34-18-22-12-15-29-16-13-22/h7-13,15-16,20-21H,6,14,17-19H2,1-5H3,(H2,28,33)(H,30,32). The molecule has 0 aliphatic heterocycles. The van der Waals surface area contributed by atoms with Crippen LogP contribution in [0.4, 0.5) is 5.69 Å². The molecule has 0 saturated heterocycles. The van der Waals surface area contributed by atoms with Crippen LogP contribution in [0, 0.1) is 18.3 Å². The van der Waals surface area contributed by atoms with E-state index >= 15 is 0 Å². The summed E-state index contributed by atoms with van der Waals surface area (Å²) in [4.78, 5) is 30.0. The van der Waals surface area contributed by atoms with Crippen LogP contribution in [0.15, 0.2) is 48.8 Å². The third-order valence-electron chi connectivity index (χ3n) is 5.52. The van der Waals surface area contributed by atoms with Crippen LogP contribution in [0.25, 0.3) is 0 Å². The Morgan fingerprint density at radius 2 is 1.76 bits per heavy atom. The van der Waals surface area contributed by atoms with Crippen LogP contribution in [0.2, 0.25) is 0 Å². The van der Waals surface area contributed by atoms with E-state index in [9.17, 15) is 9.59 Å². The quantitative estimate of drug-likeness (QED) is 0.435. The number of ether oxygens (including phenoxy) is 1. The molecule has 2 rings (SSSR count). The molecule has 1 radical (unpaired) electrons. The molecule has 1 aromatic carbocycles. The van der Waals surface area contributed by atoms with Gasteiger partial charge < -0.3 is 20.7 Å². The normalized spacial score (nSPS) is 12.3. The maximum atomic E-state index is 12.4. The summed E-state index contributed by atoms with van der Waals surface area (Å²) >= 11 is 0. The fraction of sp³-hybridized carbons (Fsp3) is 0.481. The monoisotopic (exact) mass is 467 g/mol. The van der Waals surface area contributed by atoms with Gasteiger partial charge in [0.1, 0.15) is 12.4 Å². The van der Waals surface area contributed by atoms with Gasteiger partial charge in [0.15, 0.2) is 0 Å². The van der Waals surface area contributed by atoms with Crippen molar-refractivity contribution in [2.75, 3.05) is 18.0 Å². The number of carbonyl (C=O) groups is 2. The van der Waals surface area contributed by atoms with E-state index in [1.165, 1.54) is 6.42 Å². The molecule has 0 saturated carbocycles. The van der Waals surface area contributed by atoms with Gasteiger partial charge in [-0.05, 0) is 74.6 Å². The minimum absolute atomic E-state index is 0.193. The molecule has 7 nitrogen and oxygen atoms in total. The molecule has 185 valence electrons. The van der Waals surface area contributed by atoms with Crippen LogP contribution in [0.1, 0.15) is 53.0 Å². The van der Waals surface area contributed by atoms with Gasteiger partial charge in [0.2, 0.25) is 11.8 Å². The molecule has 1 heterocycles. The number of hydrogen-bond donors (Lipinski definition) is 2. The van der Waals surface area contributed by atoms with Crippen molar-refractivity contribution in [2.24, 2.45) is 17.6 Å². The number of nitrogens with one attached hydrogen (secondary N) is 1. The molecular formula is C27H39N4O3. The highest BCUT2D eigenvalue weighted by Crippen LogP contribution is 2.23. The Hall–Kier alpha value is -3.09. The Labute approximate surface area is 204 Å². The first-order chi connectivity index (χ1) is 16.1. The van der Waals surface area contributed by atoms with Gasteiger partial charge in [-0.3, -0.25) is 14.6 Å². The first-order valence-corrected chi connectivity index (χ1v) is 11.9. The SMILES string of the molecule is CC(C)CCN(CC(C)(C)NC(=O)[CH]CC(C)C(N)=O)c1ccc(OCc2ccncc2)cc1. The zero-order valence-corrected chi connectivity index (χ0v) is 21.1. The van der Waals surface area contributed by atoms with Crippen LogP contribution in [0.5, 0.6) is 5.75 Å². The zero-order valence-electron chi connectivity index (χ0n) is 21.1. The van der Waals surface area contributed by atoms with E-state index in [1.54, 1.807) is 19.3 Å². The van der Waals surface area contributed by atoms with Crippen molar-refractivity contribution in [3.63, 3.8) is 0 Å². The summed E-state index contributed by atoms with van der Waals surface area (Å²) in [6.07, 6.45) is 6.38. The van der Waals surface area contributed by atoms with Crippen molar-refractivity contribution < 1.29 is 14.3 Å². The summed E-state index contributed by atoms with van der Waals surface area (Å²) in [7, 11) is 0. The Balaban J connectivity index is 2.01. The van der Waals surface area contributed by atoms with E-state index in [0.717, 1.165) is 30.0 Å². The Morgan fingerprint density at radius 3 is 2.35 bits per heavy atom. The topological polar surface area (TPSA) is 97.6 Å². The third-order valence-corrected chi connectivity index (χ3v) is 5.52. The lowest BCUT2D eigenvalue weighted by Crippen LogP contribution is -2.52. The fourth-order valence-corrected chi connectivity index (χ4v) is 3.41. The average molecular weight is 468 g/mol. The highest BCUT2D eigenvalue weighted by molar-refractivity contribution is 5.86. The van der Waals surface area contributed by atoms with Crippen molar-refractivity contribution in [1.29, 1.82) is 0 Å². The van der Waals surface area contributed by atoms with E-state index in [1.807, 2.05) is 38.1 Å². The number of aromatic nitrogens is 1. The number of nitrogens with two attached hydrogens (primary N) is 1. The summed E-state index contributed by atoms with van der Waals surface area (Å²) in [6, 6.07) is 11.9. The third kappa shape index (κ3) is 9.81. The van der Waals surface area contributed by atoms with Crippen molar-refractivity contribution in [2.45, 2.75) is 59.6 Å². The van der Waals surface area contributed by atoms with E-state index in [4.69, 9.17) is 10.5 Å². The molecule has 0 aliphatic carbocycles. The van der Waals surface area contributed by atoms with Crippen LogP contribution in [-0.4, -0.2) is 35.4 Å². The van der Waals surface area contributed by atoms with Gasteiger partial charge in [0, 0.05) is 37.1 Å². The molecule has 0 spiro atoms. The minimum Gasteiger partial charge on any atom is -0.489 e. The van der Waals surface area contributed by atoms with Gasteiger partial charge in [0.05, 0.1) is 12.0 Å². The Morgan fingerprint density at radius 1 is 1.12 bits per heavy atom. The first kappa shape index (κ1) is 27.2. The van der Waals surface area contributed by atoms with Crippen molar-refractivity contribution in [3.8, 4) is 5.75 Å². The maximum Gasteiger partial charge on any atom is 0.224 e. The molecule has 3 N–H and O–H groups in total. The molecule has 0 aliphatic rings. The largest absolute Gasteiger partial charge is 0.489 e. The molecule has 2 aromatic rings. The van der Waals surface area contributed by atoms with Crippen LogP contribution in [0.3, 0.4) is 0 Å². The number of pyridine rings is 1. The fourth-order valence-electron chi connectivity index (χ4n) is 3.41. The van der Waals surface area contributed by atoms with Crippen molar-refractivity contribution in [3.05, 3.63) is 60.8 Å². The van der Waals surface area contributed by atoms with E-state index in [2.05, 4.69) is 41.2 Å².